The Morgan fingerprint density at radius 3 is 2.61 bits per heavy atom. The summed E-state index contributed by atoms with van der Waals surface area (Å²) < 4.78 is 49.9. The molecular formula is C23H21F3N4O3. The van der Waals surface area contributed by atoms with E-state index in [4.69, 9.17) is 4.74 Å². The molecule has 4 atom stereocenters. The Hall–Kier alpha value is -3.21. The second kappa shape index (κ2) is 8.29. The minimum absolute atomic E-state index is 0.0150. The number of benzene rings is 2. The van der Waals surface area contributed by atoms with Gasteiger partial charge in [-0.2, -0.15) is 0 Å². The Kier molecular flexibility index (Phi) is 5.43. The van der Waals surface area contributed by atoms with Crippen molar-refractivity contribution >= 4 is 10.9 Å². The summed E-state index contributed by atoms with van der Waals surface area (Å²) in [5, 5.41) is 29.6. The maximum Gasteiger partial charge on any atom is 0.194 e. The van der Waals surface area contributed by atoms with Gasteiger partial charge in [-0.25, -0.2) is 17.9 Å². The second-order valence-corrected chi connectivity index (χ2v) is 8.23. The number of aliphatic hydroxyl groups is 2. The molecule has 172 valence electrons. The normalized spacial score (nSPS) is 23.3. The van der Waals surface area contributed by atoms with Gasteiger partial charge in [0.2, 0.25) is 0 Å². The number of hydrogen-bond acceptors (Lipinski definition) is 5. The van der Waals surface area contributed by atoms with Crippen LogP contribution in [-0.2, 0) is 4.74 Å². The molecule has 10 heteroatoms. The van der Waals surface area contributed by atoms with E-state index in [-0.39, 0.29) is 11.3 Å². The Morgan fingerprint density at radius 1 is 1.12 bits per heavy atom. The lowest BCUT2D eigenvalue weighted by atomic mass is 9.98. The number of hydrogen-bond donors (Lipinski definition) is 2. The monoisotopic (exact) mass is 458 g/mol. The van der Waals surface area contributed by atoms with Crippen molar-refractivity contribution in [3.63, 3.8) is 0 Å². The molecule has 0 aliphatic carbocycles. The first-order chi connectivity index (χ1) is 15.9. The van der Waals surface area contributed by atoms with Crippen molar-refractivity contribution < 1.29 is 28.1 Å². The first-order valence-electron chi connectivity index (χ1n) is 10.4. The molecule has 1 aliphatic rings. The summed E-state index contributed by atoms with van der Waals surface area (Å²) in [5.41, 5.74) is 2.19. The third-order valence-corrected chi connectivity index (χ3v) is 6.05. The average Bonchev–Trinajstić information content (AvgIpc) is 3.44. The number of halogens is 3. The van der Waals surface area contributed by atoms with Gasteiger partial charge < -0.3 is 19.5 Å². The van der Waals surface area contributed by atoms with Crippen LogP contribution in [0.15, 0.2) is 48.8 Å². The molecule has 7 nitrogen and oxygen atoms in total. The van der Waals surface area contributed by atoms with E-state index < -0.39 is 48.5 Å². The summed E-state index contributed by atoms with van der Waals surface area (Å²) in [5.74, 6) is -4.23. The third kappa shape index (κ3) is 3.79. The van der Waals surface area contributed by atoms with Crippen molar-refractivity contribution in [2.45, 2.75) is 37.8 Å². The molecule has 4 aromatic rings. The Balaban J connectivity index is 1.48. The molecule has 1 saturated heterocycles. The summed E-state index contributed by atoms with van der Waals surface area (Å²) in [4.78, 5) is 0. The zero-order valence-electron chi connectivity index (χ0n) is 17.6. The van der Waals surface area contributed by atoms with Crippen LogP contribution in [0.2, 0.25) is 0 Å². The van der Waals surface area contributed by atoms with E-state index in [0.29, 0.717) is 6.42 Å². The van der Waals surface area contributed by atoms with Gasteiger partial charge in [-0.15, -0.1) is 5.10 Å². The molecule has 4 unspecified atom stereocenters. The van der Waals surface area contributed by atoms with Gasteiger partial charge in [-0.1, -0.05) is 16.8 Å². The Labute approximate surface area is 186 Å². The van der Waals surface area contributed by atoms with E-state index >= 15 is 0 Å². The molecule has 0 saturated carbocycles. The first kappa shape index (κ1) is 21.6. The van der Waals surface area contributed by atoms with E-state index in [2.05, 4.69) is 16.4 Å². The first-order valence-corrected chi connectivity index (χ1v) is 10.4. The average molecular weight is 458 g/mol. The standard InChI is InChI=1S/C23H21F3N4O3/c1-12-2-3-18-13(6-12)4-5-29(18)21-9-19(23(32)20(11-31)33-21)30-10-17(27-28-30)14-7-15(24)22(26)16(25)8-14/h2-8,10,19-21,23,31-32H,9,11H2,1H3. The number of rotatable bonds is 4. The number of ether oxygens (including phenoxy) is 1. The van der Waals surface area contributed by atoms with Crippen molar-refractivity contribution in [2.75, 3.05) is 6.61 Å². The maximum atomic E-state index is 13.7. The highest BCUT2D eigenvalue weighted by Gasteiger charge is 2.40. The number of aromatic nitrogens is 4. The van der Waals surface area contributed by atoms with Gasteiger partial charge in [0.1, 0.15) is 24.1 Å². The highest BCUT2D eigenvalue weighted by molar-refractivity contribution is 5.81. The fraction of sp³-hybridized carbons (Fsp3) is 0.304. The topological polar surface area (TPSA) is 85.3 Å². The number of nitrogens with zero attached hydrogens (tertiary/aromatic N) is 4. The lowest BCUT2D eigenvalue weighted by molar-refractivity contribution is -0.179. The molecule has 0 spiro atoms. The van der Waals surface area contributed by atoms with E-state index in [9.17, 15) is 23.4 Å². The quantitative estimate of drug-likeness (QED) is 0.457. The molecule has 2 aromatic heterocycles. The number of aliphatic hydroxyl groups excluding tert-OH is 2. The summed E-state index contributed by atoms with van der Waals surface area (Å²) in [6, 6.07) is 9.01. The molecule has 2 N–H and O–H groups in total. The van der Waals surface area contributed by atoms with Gasteiger partial charge in [-0.05, 0) is 42.6 Å². The minimum atomic E-state index is -1.56. The van der Waals surface area contributed by atoms with E-state index in [0.717, 1.165) is 28.6 Å². The molecular weight excluding hydrogens is 437 g/mol. The van der Waals surface area contributed by atoms with Crippen molar-refractivity contribution in [3.05, 3.63) is 71.8 Å². The summed E-state index contributed by atoms with van der Waals surface area (Å²) in [6.45, 7) is 1.59. The van der Waals surface area contributed by atoms with Crippen molar-refractivity contribution in [3.8, 4) is 11.3 Å². The predicted octanol–water partition coefficient (Wildman–Crippen LogP) is 3.51. The molecule has 0 bridgehead atoms. The van der Waals surface area contributed by atoms with Gasteiger partial charge in [0, 0.05) is 18.2 Å². The van der Waals surface area contributed by atoms with Crippen LogP contribution in [0.3, 0.4) is 0 Å². The zero-order valence-corrected chi connectivity index (χ0v) is 17.6. The van der Waals surface area contributed by atoms with Crippen LogP contribution in [0.25, 0.3) is 22.2 Å². The molecule has 3 heterocycles. The van der Waals surface area contributed by atoms with E-state index in [1.165, 1.54) is 10.9 Å². The summed E-state index contributed by atoms with van der Waals surface area (Å²) >= 11 is 0. The summed E-state index contributed by atoms with van der Waals surface area (Å²) in [7, 11) is 0. The SMILES string of the molecule is Cc1ccc2c(ccn2C2CC(n3cc(-c4cc(F)c(F)c(F)c4)nn3)C(O)C(CO)O2)c1. The largest absolute Gasteiger partial charge is 0.394 e. The van der Waals surface area contributed by atoms with E-state index in [1.807, 2.05) is 35.9 Å². The lowest BCUT2D eigenvalue weighted by Crippen LogP contribution is -2.46. The molecule has 5 rings (SSSR count). The number of aryl methyl sites for hydroxylation is 1. The zero-order chi connectivity index (χ0) is 23.3. The minimum Gasteiger partial charge on any atom is -0.394 e. The van der Waals surface area contributed by atoms with Gasteiger partial charge >= 0.3 is 0 Å². The molecule has 33 heavy (non-hydrogen) atoms. The predicted molar refractivity (Wildman–Crippen MR) is 113 cm³/mol. The van der Waals surface area contributed by atoms with Gasteiger partial charge in [0.05, 0.1) is 24.4 Å². The van der Waals surface area contributed by atoms with Crippen LogP contribution in [0, 0.1) is 24.4 Å². The highest BCUT2D eigenvalue weighted by Crippen LogP contribution is 2.37. The maximum absolute atomic E-state index is 13.7. The van der Waals surface area contributed by atoms with Crippen molar-refractivity contribution in [1.29, 1.82) is 0 Å². The van der Waals surface area contributed by atoms with Crippen molar-refractivity contribution in [1.82, 2.24) is 19.6 Å². The Morgan fingerprint density at radius 2 is 1.88 bits per heavy atom. The van der Waals surface area contributed by atoms with Crippen LogP contribution in [0.5, 0.6) is 0 Å². The molecule has 0 amide bonds. The van der Waals surface area contributed by atoms with Crippen molar-refractivity contribution in [2.24, 2.45) is 0 Å². The van der Waals surface area contributed by atoms with E-state index in [1.54, 1.807) is 0 Å². The number of fused-ring (bicyclic) bond motifs is 1. The van der Waals surface area contributed by atoms with Crippen LogP contribution in [-0.4, -0.2) is 48.6 Å². The highest BCUT2D eigenvalue weighted by atomic mass is 19.2. The smallest absolute Gasteiger partial charge is 0.194 e. The van der Waals surface area contributed by atoms with Crippen LogP contribution < -0.4 is 0 Å². The van der Waals surface area contributed by atoms with Gasteiger partial charge in [-0.3, -0.25) is 0 Å². The second-order valence-electron chi connectivity index (χ2n) is 8.23. The molecule has 0 radical (unpaired) electrons. The fourth-order valence-electron chi connectivity index (χ4n) is 4.34. The van der Waals surface area contributed by atoms with Gasteiger partial charge in [0.25, 0.3) is 0 Å². The van der Waals surface area contributed by atoms with Gasteiger partial charge in [0.15, 0.2) is 17.5 Å². The summed E-state index contributed by atoms with van der Waals surface area (Å²) in [6.07, 6.45) is 1.10. The van der Waals surface area contributed by atoms with Crippen LogP contribution in [0.4, 0.5) is 13.2 Å². The Bertz CT molecular complexity index is 1300. The van der Waals surface area contributed by atoms with Crippen LogP contribution in [0.1, 0.15) is 24.3 Å². The molecule has 2 aromatic carbocycles. The molecule has 1 aliphatic heterocycles. The molecule has 1 fully saturated rings. The fourth-order valence-corrected chi connectivity index (χ4v) is 4.34. The lowest BCUT2D eigenvalue weighted by Gasteiger charge is -2.39. The third-order valence-electron chi connectivity index (χ3n) is 6.05. The van der Waals surface area contributed by atoms with Crippen LogP contribution >= 0.6 is 0 Å².